The van der Waals surface area contributed by atoms with Crippen LogP contribution in [-0.4, -0.2) is 21.3 Å². The first kappa shape index (κ1) is 18.0. The van der Waals surface area contributed by atoms with Gasteiger partial charge in [0.15, 0.2) is 13.8 Å². The van der Waals surface area contributed by atoms with Crippen LogP contribution in [0.3, 0.4) is 0 Å². The van der Waals surface area contributed by atoms with E-state index in [0.29, 0.717) is 13.2 Å². The summed E-state index contributed by atoms with van der Waals surface area (Å²) in [5.41, 5.74) is 0. The molecule has 3 nitrogen and oxygen atoms in total. The molecule has 0 fully saturated rings. The lowest BCUT2D eigenvalue weighted by molar-refractivity contribution is -0.150. The predicted molar refractivity (Wildman–Crippen MR) is 97.1 cm³/mol. The monoisotopic (exact) mass is 332 g/mol. The average Bonchev–Trinajstić information content (AvgIpc) is 3.08. The topological polar surface area (TPSA) is 31.6 Å². The normalized spacial score (nSPS) is 12.0. The molecule has 4 heteroatoms. The SMILES string of the molecule is CCOC(OCC)c1ccc([Si](CC)(CC)c2ccccc2)o1. The Hall–Kier alpha value is -1.36. The highest BCUT2D eigenvalue weighted by molar-refractivity contribution is 7.01. The Labute approximate surface area is 140 Å². The maximum absolute atomic E-state index is 6.26. The zero-order valence-electron chi connectivity index (χ0n) is 14.7. The van der Waals surface area contributed by atoms with E-state index in [1.165, 1.54) is 5.19 Å². The summed E-state index contributed by atoms with van der Waals surface area (Å²) in [6.45, 7) is 9.68. The smallest absolute Gasteiger partial charge is 0.217 e. The van der Waals surface area contributed by atoms with Crippen molar-refractivity contribution in [2.24, 2.45) is 0 Å². The lowest BCUT2D eigenvalue weighted by Gasteiger charge is -2.27. The first-order valence-corrected chi connectivity index (χ1v) is 11.0. The van der Waals surface area contributed by atoms with Gasteiger partial charge in [0.1, 0.15) is 0 Å². The van der Waals surface area contributed by atoms with Crippen molar-refractivity contribution in [2.45, 2.75) is 46.1 Å². The van der Waals surface area contributed by atoms with Gasteiger partial charge in [-0.15, -0.1) is 0 Å². The van der Waals surface area contributed by atoms with Gasteiger partial charge in [-0.2, -0.15) is 0 Å². The molecule has 0 radical (unpaired) electrons. The van der Waals surface area contributed by atoms with Crippen molar-refractivity contribution in [1.82, 2.24) is 0 Å². The van der Waals surface area contributed by atoms with E-state index in [2.05, 4.69) is 50.2 Å². The third-order valence-corrected chi connectivity index (χ3v) is 9.57. The molecule has 0 amide bonds. The molecule has 0 saturated carbocycles. The van der Waals surface area contributed by atoms with E-state index in [9.17, 15) is 0 Å². The molecule has 2 rings (SSSR count). The molecule has 0 saturated heterocycles. The Morgan fingerprint density at radius 3 is 2.00 bits per heavy atom. The van der Waals surface area contributed by atoms with Gasteiger partial charge in [0, 0.05) is 13.2 Å². The van der Waals surface area contributed by atoms with Crippen molar-refractivity contribution in [3.63, 3.8) is 0 Å². The minimum absolute atomic E-state index is 0.407. The fourth-order valence-electron chi connectivity index (χ4n) is 3.16. The molecular formula is C19H28O3Si. The molecule has 0 spiro atoms. The molecule has 23 heavy (non-hydrogen) atoms. The minimum atomic E-state index is -1.84. The zero-order chi connectivity index (χ0) is 16.7. The highest BCUT2D eigenvalue weighted by Crippen LogP contribution is 2.23. The van der Waals surface area contributed by atoms with Crippen LogP contribution in [0.25, 0.3) is 0 Å². The first-order chi connectivity index (χ1) is 11.2. The van der Waals surface area contributed by atoms with E-state index in [4.69, 9.17) is 13.9 Å². The molecule has 0 bridgehead atoms. The molecule has 126 valence electrons. The van der Waals surface area contributed by atoms with Crippen LogP contribution >= 0.6 is 0 Å². The van der Waals surface area contributed by atoms with E-state index in [-0.39, 0.29) is 0 Å². The summed E-state index contributed by atoms with van der Waals surface area (Å²) in [4.78, 5) is 0. The molecule has 1 aromatic heterocycles. The minimum Gasteiger partial charge on any atom is -0.465 e. The molecule has 1 aromatic carbocycles. The highest BCUT2D eigenvalue weighted by atomic mass is 28.3. The van der Waals surface area contributed by atoms with Gasteiger partial charge in [0.2, 0.25) is 6.29 Å². The van der Waals surface area contributed by atoms with Gasteiger partial charge < -0.3 is 13.9 Å². The lowest BCUT2D eigenvalue weighted by Crippen LogP contribution is -2.56. The standard InChI is InChI=1S/C19H28O3Si/c1-5-20-19(21-6-2)17-14-15-18(22-17)23(7-3,8-4)16-12-10-9-11-13-16/h9-15,19H,5-8H2,1-4H3. The van der Waals surface area contributed by atoms with Crippen molar-refractivity contribution in [3.8, 4) is 0 Å². The maximum Gasteiger partial charge on any atom is 0.217 e. The summed E-state index contributed by atoms with van der Waals surface area (Å²) in [6, 6.07) is 17.2. The van der Waals surface area contributed by atoms with Gasteiger partial charge in [-0.3, -0.25) is 0 Å². The van der Waals surface area contributed by atoms with Crippen LogP contribution in [0.4, 0.5) is 0 Å². The Bertz CT molecular complexity index is 569. The van der Waals surface area contributed by atoms with Crippen LogP contribution in [-0.2, 0) is 9.47 Å². The van der Waals surface area contributed by atoms with Gasteiger partial charge in [-0.1, -0.05) is 49.4 Å². The third-order valence-electron chi connectivity index (χ3n) is 4.50. The van der Waals surface area contributed by atoms with Crippen molar-refractivity contribution in [1.29, 1.82) is 0 Å². The van der Waals surface area contributed by atoms with Gasteiger partial charge in [0.25, 0.3) is 0 Å². The number of rotatable bonds is 9. The molecular weight excluding hydrogens is 304 g/mol. The summed E-state index contributed by atoms with van der Waals surface area (Å²) < 4.78 is 17.6. The summed E-state index contributed by atoms with van der Waals surface area (Å²) in [6.07, 6.45) is -0.407. The Morgan fingerprint density at radius 2 is 1.48 bits per heavy atom. The third kappa shape index (κ3) is 3.76. The number of benzene rings is 1. The van der Waals surface area contributed by atoms with Crippen molar-refractivity contribution < 1.29 is 13.9 Å². The van der Waals surface area contributed by atoms with Crippen LogP contribution in [0, 0.1) is 0 Å². The van der Waals surface area contributed by atoms with E-state index >= 15 is 0 Å². The van der Waals surface area contributed by atoms with Crippen molar-refractivity contribution in [3.05, 3.63) is 48.2 Å². The fourth-order valence-corrected chi connectivity index (χ4v) is 7.00. The van der Waals surface area contributed by atoms with Crippen LogP contribution in [0.2, 0.25) is 12.1 Å². The second-order valence-corrected chi connectivity index (χ2v) is 10.2. The average molecular weight is 333 g/mol. The van der Waals surface area contributed by atoms with Crippen LogP contribution in [0.1, 0.15) is 39.7 Å². The summed E-state index contributed by atoms with van der Waals surface area (Å²) in [5, 5.41) is 2.54. The lowest BCUT2D eigenvalue weighted by atomic mass is 10.4. The Kier molecular flexibility index (Phi) is 6.63. The molecule has 0 N–H and O–H groups in total. The summed E-state index contributed by atoms with van der Waals surface area (Å²) in [5.74, 6) is 0.776. The number of ether oxygens (including phenoxy) is 2. The maximum atomic E-state index is 6.26. The number of hydrogen-bond donors (Lipinski definition) is 0. The second-order valence-electron chi connectivity index (χ2n) is 5.60. The zero-order valence-corrected chi connectivity index (χ0v) is 15.7. The molecule has 2 aromatic rings. The van der Waals surface area contributed by atoms with E-state index < -0.39 is 14.4 Å². The molecule has 0 aliphatic rings. The van der Waals surface area contributed by atoms with Crippen LogP contribution in [0.15, 0.2) is 46.9 Å². The van der Waals surface area contributed by atoms with Gasteiger partial charge >= 0.3 is 0 Å². The summed E-state index contributed by atoms with van der Waals surface area (Å²) >= 11 is 0. The predicted octanol–water partition coefficient (Wildman–Crippen LogP) is 3.95. The molecule has 0 atom stereocenters. The van der Waals surface area contributed by atoms with Gasteiger partial charge in [-0.05, 0) is 38.1 Å². The Morgan fingerprint density at radius 1 is 0.870 bits per heavy atom. The van der Waals surface area contributed by atoms with Crippen LogP contribution < -0.4 is 10.6 Å². The van der Waals surface area contributed by atoms with Crippen molar-refractivity contribution in [2.75, 3.05) is 13.2 Å². The van der Waals surface area contributed by atoms with E-state index in [0.717, 1.165) is 23.2 Å². The van der Waals surface area contributed by atoms with E-state index in [1.54, 1.807) is 0 Å². The number of furan rings is 1. The largest absolute Gasteiger partial charge is 0.465 e. The van der Waals surface area contributed by atoms with Crippen LogP contribution in [0.5, 0.6) is 0 Å². The molecule has 0 aliphatic heterocycles. The fraction of sp³-hybridized carbons (Fsp3) is 0.474. The summed E-state index contributed by atoms with van der Waals surface area (Å²) in [7, 11) is -1.84. The quantitative estimate of drug-likeness (QED) is 0.515. The van der Waals surface area contributed by atoms with Gasteiger partial charge in [0.05, 0.1) is 5.38 Å². The molecule has 0 aliphatic carbocycles. The van der Waals surface area contributed by atoms with Gasteiger partial charge in [-0.25, -0.2) is 0 Å². The Balaban J connectivity index is 2.38. The first-order valence-electron chi connectivity index (χ1n) is 8.60. The van der Waals surface area contributed by atoms with Crippen molar-refractivity contribution >= 4 is 18.6 Å². The van der Waals surface area contributed by atoms with E-state index in [1.807, 2.05) is 19.9 Å². The molecule has 0 unspecified atom stereocenters. The number of hydrogen-bond acceptors (Lipinski definition) is 3. The second kappa shape index (κ2) is 8.48. The highest BCUT2D eigenvalue weighted by Gasteiger charge is 2.37. The molecule has 1 heterocycles.